The summed E-state index contributed by atoms with van der Waals surface area (Å²) in [5.41, 5.74) is -1.63. The molecule has 4 rings (SSSR count). The Morgan fingerprint density at radius 1 is 1.18 bits per heavy atom. The van der Waals surface area contributed by atoms with E-state index in [9.17, 15) is 27.9 Å². The van der Waals surface area contributed by atoms with E-state index in [0.717, 1.165) is 21.7 Å². The molecule has 0 atom stereocenters. The summed E-state index contributed by atoms with van der Waals surface area (Å²) in [5, 5.41) is 10.4. The van der Waals surface area contributed by atoms with Gasteiger partial charge in [-0.1, -0.05) is 11.6 Å². The first kappa shape index (κ1) is 23.5. The van der Waals surface area contributed by atoms with E-state index < -0.39 is 27.2 Å². The number of carboxylic acids is 1. The smallest absolute Gasteiger partial charge is 0.346 e. The van der Waals surface area contributed by atoms with Crippen LogP contribution in [0, 0.1) is 0 Å². The van der Waals surface area contributed by atoms with E-state index in [4.69, 9.17) is 16.3 Å². The van der Waals surface area contributed by atoms with Gasteiger partial charge in [0.15, 0.2) is 0 Å². The minimum Gasteiger partial charge on any atom is -0.497 e. The number of carbonyl (C=O) groups is 1. The molecule has 2 aromatic carbocycles. The highest BCUT2D eigenvalue weighted by Gasteiger charge is 2.25. The molecule has 0 aliphatic rings. The van der Waals surface area contributed by atoms with Crippen LogP contribution < -0.4 is 20.3 Å². The summed E-state index contributed by atoms with van der Waals surface area (Å²) in [6.45, 7) is 0. The van der Waals surface area contributed by atoms with Gasteiger partial charge in [-0.15, -0.1) is 11.3 Å². The van der Waals surface area contributed by atoms with Crippen LogP contribution in [-0.2, 0) is 10.0 Å². The fourth-order valence-corrected chi connectivity index (χ4v) is 5.57. The third-order valence-corrected chi connectivity index (χ3v) is 8.17. The Bertz CT molecular complexity index is 1650. The van der Waals surface area contributed by atoms with Crippen molar-refractivity contribution in [1.29, 1.82) is 0 Å². The summed E-state index contributed by atoms with van der Waals surface area (Å²) in [6, 6.07) is 9.89. The number of hydrogen-bond donors (Lipinski definition) is 2. The number of hydrogen-bond acceptors (Lipinski definition) is 7. The second-order valence-electron chi connectivity index (χ2n) is 7.01. The number of halogens is 1. The number of nitrogens with zero attached hydrogens (tertiary/aromatic N) is 2. The fraction of sp³-hybridized carbons (Fsp3) is 0.0952. The van der Waals surface area contributed by atoms with E-state index in [1.807, 2.05) is 0 Å². The molecular weight excluding hydrogens is 506 g/mol. The van der Waals surface area contributed by atoms with Gasteiger partial charge < -0.3 is 14.8 Å². The van der Waals surface area contributed by atoms with Crippen molar-refractivity contribution >= 4 is 55.5 Å². The zero-order valence-electron chi connectivity index (χ0n) is 17.6. The molecule has 0 unspecified atom stereocenters. The first-order valence-corrected chi connectivity index (χ1v) is 12.2. The maximum absolute atomic E-state index is 13.3. The number of carboxylic acid groups (broad SMARTS) is 1. The molecule has 0 saturated carbocycles. The van der Waals surface area contributed by atoms with Crippen LogP contribution in [0.2, 0.25) is 5.02 Å². The lowest BCUT2D eigenvalue weighted by molar-refractivity contribution is 0.0704. The molecular formula is C21H16ClN3O7S2. The summed E-state index contributed by atoms with van der Waals surface area (Å²) in [4.78, 5) is 39.3. The first-order valence-electron chi connectivity index (χ1n) is 9.49. The van der Waals surface area contributed by atoms with Gasteiger partial charge in [0.2, 0.25) is 0 Å². The number of aromatic nitrogens is 2. The van der Waals surface area contributed by atoms with Crippen molar-refractivity contribution in [2.75, 3.05) is 18.5 Å². The van der Waals surface area contributed by atoms with Crippen molar-refractivity contribution in [3.63, 3.8) is 0 Å². The molecule has 0 fully saturated rings. The molecule has 0 aliphatic carbocycles. The normalized spacial score (nSPS) is 11.5. The topological polar surface area (TPSA) is 139 Å². The van der Waals surface area contributed by atoms with E-state index in [2.05, 4.69) is 4.98 Å². The highest BCUT2D eigenvalue weighted by atomic mass is 35.5. The Kier molecular flexibility index (Phi) is 5.98. The number of fused-ring (bicyclic) bond motifs is 1. The lowest BCUT2D eigenvalue weighted by Crippen LogP contribution is -2.34. The summed E-state index contributed by atoms with van der Waals surface area (Å²) >= 11 is 7.02. The van der Waals surface area contributed by atoms with Crippen LogP contribution in [0.4, 0.5) is 5.69 Å². The van der Waals surface area contributed by atoms with Gasteiger partial charge in [0.1, 0.15) is 10.6 Å². The van der Waals surface area contributed by atoms with Gasteiger partial charge in [0, 0.05) is 12.4 Å². The quantitative estimate of drug-likeness (QED) is 0.397. The minimum absolute atomic E-state index is 0.0628. The van der Waals surface area contributed by atoms with Crippen molar-refractivity contribution in [3.05, 3.63) is 78.6 Å². The molecule has 2 N–H and O–H groups in total. The van der Waals surface area contributed by atoms with Crippen molar-refractivity contribution in [3.8, 4) is 11.4 Å². The average Bonchev–Trinajstić information content (AvgIpc) is 3.24. The molecule has 0 bridgehead atoms. The van der Waals surface area contributed by atoms with Crippen molar-refractivity contribution in [2.45, 2.75) is 4.90 Å². The largest absolute Gasteiger partial charge is 0.497 e. The lowest BCUT2D eigenvalue weighted by Gasteiger charge is -2.20. The minimum atomic E-state index is -4.12. The predicted molar refractivity (Wildman–Crippen MR) is 129 cm³/mol. The molecule has 176 valence electrons. The van der Waals surface area contributed by atoms with Crippen LogP contribution in [0.15, 0.2) is 62.3 Å². The zero-order chi connectivity index (χ0) is 24.8. The van der Waals surface area contributed by atoms with Crippen LogP contribution in [0.1, 0.15) is 9.67 Å². The SMILES string of the molecule is COc1ccc(N(C)S(=O)(=O)c2ccc(Cl)c(-n3c(=O)[nH]c4csc(C(=O)O)c4c3=O)c2)cc1. The van der Waals surface area contributed by atoms with Gasteiger partial charge in [0.25, 0.3) is 15.6 Å². The van der Waals surface area contributed by atoms with Crippen LogP contribution in [-0.4, -0.2) is 43.2 Å². The highest BCUT2D eigenvalue weighted by molar-refractivity contribution is 7.92. The standard InChI is InChI=1S/C21H16ClN3O7S2/c1-24(11-3-5-12(32-2)6-4-11)34(30,31)13-7-8-14(22)16(9-13)25-19(26)17-15(23-21(25)29)10-33-18(17)20(27)28/h3-10H,1-2H3,(H,23,29)(H,27,28). The molecule has 0 amide bonds. The molecule has 0 saturated heterocycles. The number of methoxy groups -OCH3 is 1. The average molecular weight is 522 g/mol. The van der Waals surface area contributed by atoms with Crippen molar-refractivity contribution in [2.24, 2.45) is 0 Å². The third-order valence-electron chi connectivity index (χ3n) is 5.10. The molecule has 2 aromatic heterocycles. The fourth-order valence-electron chi connectivity index (χ4n) is 3.33. The summed E-state index contributed by atoms with van der Waals surface area (Å²) in [6.07, 6.45) is 0. The Labute approximate surface area is 201 Å². The van der Waals surface area contributed by atoms with Gasteiger partial charge in [-0.25, -0.2) is 22.6 Å². The van der Waals surface area contributed by atoms with E-state index in [1.54, 1.807) is 24.3 Å². The molecule has 13 heteroatoms. The molecule has 34 heavy (non-hydrogen) atoms. The maximum atomic E-state index is 13.3. The molecule has 0 radical (unpaired) electrons. The third kappa shape index (κ3) is 3.85. The molecule has 4 aromatic rings. The van der Waals surface area contributed by atoms with E-state index in [0.29, 0.717) is 16.0 Å². The van der Waals surface area contributed by atoms with Crippen molar-refractivity contribution in [1.82, 2.24) is 9.55 Å². The summed E-state index contributed by atoms with van der Waals surface area (Å²) in [7, 11) is -1.29. The van der Waals surface area contributed by atoms with Gasteiger partial charge >= 0.3 is 11.7 Å². The van der Waals surface area contributed by atoms with Crippen LogP contribution in [0.25, 0.3) is 16.6 Å². The van der Waals surface area contributed by atoms with E-state index in [1.165, 1.54) is 31.7 Å². The summed E-state index contributed by atoms with van der Waals surface area (Å²) < 4.78 is 33.3. The predicted octanol–water partition coefficient (Wildman–Crippen LogP) is 2.93. The first-order chi connectivity index (χ1) is 16.1. The number of benzene rings is 2. The Balaban J connectivity index is 1.88. The molecule has 0 aliphatic heterocycles. The second kappa shape index (κ2) is 8.63. The molecule has 2 heterocycles. The Hall–Kier alpha value is -3.61. The highest BCUT2D eigenvalue weighted by Crippen LogP contribution is 2.28. The number of aromatic amines is 1. The van der Waals surface area contributed by atoms with Gasteiger partial charge in [0.05, 0.1) is 39.3 Å². The van der Waals surface area contributed by atoms with Gasteiger partial charge in [-0.05, 0) is 42.5 Å². The summed E-state index contributed by atoms with van der Waals surface area (Å²) in [5.74, 6) is -0.786. The van der Waals surface area contributed by atoms with Crippen LogP contribution >= 0.6 is 22.9 Å². The van der Waals surface area contributed by atoms with E-state index in [-0.39, 0.29) is 31.4 Å². The maximum Gasteiger partial charge on any atom is 0.346 e. The number of ether oxygens (including phenoxy) is 1. The number of nitrogens with one attached hydrogen (secondary N) is 1. The lowest BCUT2D eigenvalue weighted by atomic mass is 10.2. The second-order valence-corrected chi connectivity index (χ2v) is 10.3. The van der Waals surface area contributed by atoms with Crippen molar-refractivity contribution < 1.29 is 23.1 Å². The van der Waals surface area contributed by atoms with Crippen LogP contribution in [0.3, 0.4) is 0 Å². The number of thiophene rings is 1. The number of anilines is 1. The zero-order valence-corrected chi connectivity index (χ0v) is 20.0. The van der Waals surface area contributed by atoms with E-state index >= 15 is 0 Å². The number of rotatable bonds is 6. The number of aromatic carboxylic acids is 1. The van der Waals surface area contributed by atoms with Gasteiger partial charge in [-0.2, -0.15) is 0 Å². The Morgan fingerprint density at radius 2 is 1.85 bits per heavy atom. The number of sulfonamides is 1. The van der Waals surface area contributed by atoms with Crippen LogP contribution in [0.5, 0.6) is 5.75 Å². The number of H-pyrrole nitrogens is 1. The monoisotopic (exact) mass is 521 g/mol. The van der Waals surface area contributed by atoms with Gasteiger partial charge in [-0.3, -0.25) is 9.10 Å². The molecule has 10 nitrogen and oxygen atoms in total. The molecule has 0 spiro atoms. The Morgan fingerprint density at radius 3 is 2.47 bits per heavy atom.